The van der Waals surface area contributed by atoms with E-state index in [2.05, 4.69) is 5.10 Å². The fourth-order valence-electron chi connectivity index (χ4n) is 2.18. The summed E-state index contributed by atoms with van der Waals surface area (Å²) in [6.07, 6.45) is 0.804. The second-order valence-electron chi connectivity index (χ2n) is 5.21. The van der Waals surface area contributed by atoms with E-state index < -0.39 is 0 Å². The zero-order chi connectivity index (χ0) is 15.2. The SMILES string of the molecule is CC(C)c1nn(CCCOc2ccccc2)c(Cl)c1CO. The maximum absolute atomic E-state index is 9.42. The van der Waals surface area contributed by atoms with Gasteiger partial charge in [0.2, 0.25) is 0 Å². The zero-order valence-corrected chi connectivity index (χ0v) is 13.2. The van der Waals surface area contributed by atoms with E-state index in [9.17, 15) is 5.11 Å². The molecule has 4 nitrogen and oxygen atoms in total. The number of halogens is 1. The number of hydrogen-bond donors (Lipinski definition) is 1. The number of ether oxygens (including phenoxy) is 1. The first-order valence-electron chi connectivity index (χ1n) is 7.17. The van der Waals surface area contributed by atoms with Gasteiger partial charge in [0, 0.05) is 18.5 Å². The zero-order valence-electron chi connectivity index (χ0n) is 12.4. The fraction of sp³-hybridized carbons (Fsp3) is 0.438. The number of nitrogens with zero attached hydrogens (tertiary/aromatic N) is 2. The summed E-state index contributed by atoms with van der Waals surface area (Å²) in [5, 5.41) is 14.4. The van der Waals surface area contributed by atoms with Crippen LogP contribution in [0.1, 0.15) is 37.4 Å². The van der Waals surface area contributed by atoms with Gasteiger partial charge in [-0.05, 0) is 18.1 Å². The number of aryl methyl sites for hydroxylation is 1. The quantitative estimate of drug-likeness (QED) is 0.795. The highest BCUT2D eigenvalue weighted by Gasteiger charge is 2.17. The Morgan fingerprint density at radius 1 is 1.29 bits per heavy atom. The molecule has 0 saturated carbocycles. The molecule has 0 aliphatic rings. The third-order valence-corrected chi connectivity index (χ3v) is 3.67. The van der Waals surface area contributed by atoms with Crippen LogP contribution in [0.3, 0.4) is 0 Å². The summed E-state index contributed by atoms with van der Waals surface area (Å²) >= 11 is 6.27. The van der Waals surface area contributed by atoms with Crippen molar-refractivity contribution in [2.75, 3.05) is 6.61 Å². The number of para-hydroxylation sites is 1. The van der Waals surface area contributed by atoms with Crippen LogP contribution in [0.4, 0.5) is 0 Å². The second kappa shape index (κ2) is 7.48. The molecule has 1 N–H and O–H groups in total. The van der Waals surface area contributed by atoms with Crippen molar-refractivity contribution in [2.24, 2.45) is 0 Å². The third kappa shape index (κ3) is 3.99. The lowest BCUT2D eigenvalue weighted by atomic mass is 10.1. The van der Waals surface area contributed by atoms with Crippen LogP contribution in [0.5, 0.6) is 5.75 Å². The van der Waals surface area contributed by atoms with Crippen LogP contribution in [0.15, 0.2) is 30.3 Å². The van der Waals surface area contributed by atoms with Crippen LogP contribution < -0.4 is 4.74 Å². The van der Waals surface area contributed by atoms with E-state index >= 15 is 0 Å². The number of benzene rings is 1. The topological polar surface area (TPSA) is 47.3 Å². The Balaban J connectivity index is 1.91. The highest BCUT2D eigenvalue weighted by atomic mass is 35.5. The van der Waals surface area contributed by atoms with E-state index in [1.165, 1.54) is 0 Å². The van der Waals surface area contributed by atoms with Gasteiger partial charge in [0.1, 0.15) is 10.9 Å². The van der Waals surface area contributed by atoms with Gasteiger partial charge in [-0.15, -0.1) is 0 Å². The van der Waals surface area contributed by atoms with Gasteiger partial charge >= 0.3 is 0 Å². The number of aliphatic hydroxyl groups is 1. The molecule has 0 bridgehead atoms. The largest absolute Gasteiger partial charge is 0.494 e. The van der Waals surface area contributed by atoms with Crippen molar-refractivity contribution in [3.63, 3.8) is 0 Å². The van der Waals surface area contributed by atoms with E-state index in [0.29, 0.717) is 18.3 Å². The highest BCUT2D eigenvalue weighted by molar-refractivity contribution is 6.30. The molecule has 0 amide bonds. The van der Waals surface area contributed by atoms with Crippen molar-refractivity contribution < 1.29 is 9.84 Å². The summed E-state index contributed by atoms with van der Waals surface area (Å²) in [4.78, 5) is 0. The lowest BCUT2D eigenvalue weighted by molar-refractivity contribution is 0.280. The van der Waals surface area contributed by atoms with Crippen LogP contribution in [-0.2, 0) is 13.2 Å². The molecule has 0 aliphatic carbocycles. The average molecular weight is 309 g/mol. The molecule has 0 radical (unpaired) electrons. The average Bonchev–Trinajstić information content (AvgIpc) is 2.81. The monoisotopic (exact) mass is 308 g/mol. The van der Waals surface area contributed by atoms with Crippen LogP contribution >= 0.6 is 11.6 Å². The summed E-state index contributed by atoms with van der Waals surface area (Å²) < 4.78 is 7.39. The molecule has 1 heterocycles. The molecular formula is C16H21ClN2O2. The predicted molar refractivity (Wildman–Crippen MR) is 83.8 cm³/mol. The Bertz CT molecular complexity index is 567. The normalized spacial score (nSPS) is 11.1. The second-order valence-corrected chi connectivity index (χ2v) is 5.56. The molecule has 0 atom stereocenters. The van der Waals surface area contributed by atoms with Gasteiger partial charge in [0.05, 0.1) is 18.9 Å². The van der Waals surface area contributed by atoms with Crippen LogP contribution in [0, 0.1) is 0 Å². The smallest absolute Gasteiger partial charge is 0.132 e. The van der Waals surface area contributed by atoms with Crippen LogP contribution in [0.2, 0.25) is 5.15 Å². The molecule has 2 aromatic rings. The molecule has 114 valence electrons. The number of rotatable bonds is 7. The standard InChI is InChI=1S/C16H21ClN2O2/c1-12(2)15-14(11-20)16(17)19(18-15)9-6-10-21-13-7-4-3-5-8-13/h3-5,7-8,12,20H,6,9-11H2,1-2H3. The molecule has 0 aliphatic heterocycles. The van der Waals surface area contributed by atoms with Crippen molar-refractivity contribution in [1.29, 1.82) is 0 Å². The molecule has 0 unspecified atom stereocenters. The van der Waals surface area contributed by atoms with Gasteiger partial charge in [-0.25, -0.2) is 0 Å². The first kappa shape index (κ1) is 15.9. The number of aromatic nitrogens is 2. The summed E-state index contributed by atoms with van der Waals surface area (Å²) in [5.74, 6) is 1.11. The van der Waals surface area contributed by atoms with Crippen molar-refractivity contribution in [2.45, 2.75) is 39.3 Å². The molecule has 21 heavy (non-hydrogen) atoms. The van der Waals surface area contributed by atoms with Gasteiger partial charge in [-0.3, -0.25) is 4.68 Å². The minimum atomic E-state index is -0.0765. The van der Waals surface area contributed by atoms with Crippen LogP contribution in [-0.4, -0.2) is 21.5 Å². The summed E-state index contributed by atoms with van der Waals surface area (Å²) in [5.41, 5.74) is 1.60. The van der Waals surface area contributed by atoms with Crippen molar-refractivity contribution in [3.8, 4) is 5.75 Å². The molecule has 0 spiro atoms. The van der Waals surface area contributed by atoms with Crippen molar-refractivity contribution >= 4 is 11.6 Å². The Morgan fingerprint density at radius 3 is 2.57 bits per heavy atom. The predicted octanol–water partition coefficient (Wildman–Crippen LogP) is 3.62. The molecule has 5 heteroatoms. The Kier molecular flexibility index (Phi) is 5.65. The van der Waals surface area contributed by atoms with E-state index in [1.54, 1.807) is 4.68 Å². The van der Waals surface area contributed by atoms with E-state index in [-0.39, 0.29) is 12.5 Å². The highest BCUT2D eigenvalue weighted by Crippen LogP contribution is 2.26. The van der Waals surface area contributed by atoms with E-state index in [0.717, 1.165) is 23.4 Å². The number of hydrogen-bond acceptors (Lipinski definition) is 3. The number of aliphatic hydroxyl groups excluding tert-OH is 1. The Morgan fingerprint density at radius 2 is 2.00 bits per heavy atom. The molecule has 0 fully saturated rings. The third-order valence-electron chi connectivity index (χ3n) is 3.24. The molecular weight excluding hydrogens is 288 g/mol. The summed E-state index contributed by atoms with van der Waals surface area (Å²) in [6.45, 7) is 5.28. The van der Waals surface area contributed by atoms with Crippen LogP contribution in [0.25, 0.3) is 0 Å². The van der Waals surface area contributed by atoms with Gasteiger partial charge in [-0.1, -0.05) is 43.6 Å². The Labute approximate surface area is 130 Å². The first-order chi connectivity index (χ1) is 10.1. The Hall–Kier alpha value is -1.52. The maximum Gasteiger partial charge on any atom is 0.132 e. The maximum atomic E-state index is 9.42. The van der Waals surface area contributed by atoms with Gasteiger partial charge < -0.3 is 9.84 Å². The van der Waals surface area contributed by atoms with Gasteiger partial charge in [0.25, 0.3) is 0 Å². The minimum absolute atomic E-state index is 0.0765. The summed E-state index contributed by atoms with van der Waals surface area (Å²) in [7, 11) is 0. The van der Waals surface area contributed by atoms with Crippen molar-refractivity contribution in [1.82, 2.24) is 9.78 Å². The fourth-order valence-corrected chi connectivity index (χ4v) is 2.45. The molecule has 0 saturated heterocycles. The molecule has 2 rings (SSSR count). The van der Waals surface area contributed by atoms with E-state index in [4.69, 9.17) is 16.3 Å². The lowest BCUT2D eigenvalue weighted by Crippen LogP contribution is -2.06. The summed E-state index contributed by atoms with van der Waals surface area (Å²) in [6, 6.07) is 9.72. The lowest BCUT2D eigenvalue weighted by Gasteiger charge is -2.06. The van der Waals surface area contributed by atoms with Gasteiger partial charge in [0.15, 0.2) is 0 Å². The molecule has 1 aromatic carbocycles. The first-order valence-corrected chi connectivity index (χ1v) is 7.55. The van der Waals surface area contributed by atoms with Crippen molar-refractivity contribution in [3.05, 3.63) is 46.7 Å². The van der Waals surface area contributed by atoms with Gasteiger partial charge in [-0.2, -0.15) is 5.10 Å². The van der Waals surface area contributed by atoms with E-state index in [1.807, 2.05) is 44.2 Å². The minimum Gasteiger partial charge on any atom is -0.494 e. The molecule has 1 aromatic heterocycles.